The zero-order valence-electron chi connectivity index (χ0n) is 18.5. The zero-order valence-corrected chi connectivity index (χ0v) is 19.3. The molecule has 0 spiro atoms. The topological polar surface area (TPSA) is 62.3 Å². The van der Waals surface area contributed by atoms with E-state index in [2.05, 4.69) is 31.1 Å². The first-order valence-corrected chi connectivity index (χ1v) is 12.0. The zero-order chi connectivity index (χ0) is 21.8. The van der Waals surface area contributed by atoms with Crippen LogP contribution in [-0.2, 0) is 9.59 Å². The minimum Gasteiger partial charge on any atom is -0.333 e. The van der Waals surface area contributed by atoms with Crippen molar-refractivity contribution in [1.82, 2.24) is 9.88 Å². The molecule has 0 saturated carbocycles. The maximum absolute atomic E-state index is 12.7. The molecule has 6 heteroatoms. The molecule has 0 aliphatic heterocycles. The first-order valence-electron chi connectivity index (χ1n) is 11.1. The van der Waals surface area contributed by atoms with Crippen LogP contribution < -0.4 is 5.32 Å². The number of rotatable bonds is 13. The number of anilines is 1. The summed E-state index contributed by atoms with van der Waals surface area (Å²) in [4.78, 5) is 31.4. The van der Waals surface area contributed by atoms with Crippen molar-refractivity contribution in [3.8, 4) is 11.3 Å². The van der Waals surface area contributed by atoms with E-state index in [0.717, 1.165) is 24.1 Å². The highest BCUT2D eigenvalue weighted by Crippen LogP contribution is 2.24. The Morgan fingerprint density at radius 2 is 1.77 bits per heavy atom. The molecule has 30 heavy (non-hydrogen) atoms. The number of nitrogens with one attached hydrogen (secondary N) is 1. The molecule has 0 unspecified atom stereocenters. The Morgan fingerprint density at radius 3 is 2.47 bits per heavy atom. The van der Waals surface area contributed by atoms with E-state index in [-0.39, 0.29) is 18.4 Å². The first-order chi connectivity index (χ1) is 14.5. The minimum atomic E-state index is -0.194. The molecule has 1 N–H and O–H groups in total. The van der Waals surface area contributed by atoms with Gasteiger partial charge in [0.1, 0.15) is 0 Å². The smallest absolute Gasteiger partial charge is 0.245 e. The molecule has 2 aromatic rings. The normalized spacial score (nSPS) is 10.9. The van der Waals surface area contributed by atoms with Gasteiger partial charge in [-0.3, -0.25) is 9.59 Å². The molecule has 0 aliphatic rings. The first kappa shape index (κ1) is 24.1. The summed E-state index contributed by atoms with van der Waals surface area (Å²) >= 11 is 1.40. The fourth-order valence-corrected chi connectivity index (χ4v) is 4.05. The summed E-state index contributed by atoms with van der Waals surface area (Å²) in [5.41, 5.74) is 1.86. The van der Waals surface area contributed by atoms with Crippen molar-refractivity contribution < 1.29 is 9.59 Å². The predicted molar refractivity (Wildman–Crippen MR) is 126 cm³/mol. The molecule has 0 aliphatic carbocycles. The Kier molecular flexibility index (Phi) is 10.6. The summed E-state index contributed by atoms with van der Waals surface area (Å²) in [6.07, 6.45) is 7.39. The van der Waals surface area contributed by atoms with Crippen LogP contribution in [0.15, 0.2) is 35.7 Å². The minimum absolute atomic E-state index is 0.0680. The lowest BCUT2D eigenvalue weighted by Crippen LogP contribution is -2.40. The van der Waals surface area contributed by atoms with Crippen LogP contribution in [0.5, 0.6) is 0 Å². The quantitative estimate of drug-likeness (QED) is 0.398. The van der Waals surface area contributed by atoms with E-state index in [1.807, 2.05) is 35.7 Å². The van der Waals surface area contributed by atoms with Crippen LogP contribution in [0.4, 0.5) is 5.13 Å². The number of amides is 2. The fourth-order valence-electron chi connectivity index (χ4n) is 3.31. The molecule has 1 aromatic carbocycles. The standard InChI is InChI=1S/C24H35N3O2S/c1-4-5-6-7-8-12-15-23(29)27(16-19(2)3)17-22(28)26-24-25-21(18-30-24)20-13-10-9-11-14-20/h9-11,13-14,18-19H,4-8,12,15-17H2,1-3H3,(H,25,26,28). The fraction of sp³-hybridized carbons (Fsp3) is 0.542. The summed E-state index contributed by atoms with van der Waals surface area (Å²) in [6, 6.07) is 9.88. The molecule has 0 radical (unpaired) electrons. The van der Waals surface area contributed by atoms with Crippen LogP contribution in [0, 0.1) is 5.92 Å². The van der Waals surface area contributed by atoms with Gasteiger partial charge in [-0.25, -0.2) is 4.98 Å². The summed E-state index contributed by atoms with van der Waals surface area (Å²) in [7, 11) is 0. The van der Waals surface area contributed by atoms with Crippen LogP contribution >= 0.6 is 11.3 Å². The summed E-state index contributed by atoms with van der Waals surface area (Å²) in [5, 5.41) is 5.35. The van der Waals surface area contributed by atoms with Gasteiger partial charge in [0.2, 0.25) is 11.8 Å². The molecule has 0 bridgehead atoms. The number of benzene rings is 1. The third-order valence-corrected chi connectivity index (χ3v) is 5.59. The van der Waals surface area contributed by atoms with Crippen molar-refractivity contribution in [2.24, 2.45) is 5.92 Å². The van der Waals surface area contributed by atoms with E-state index in [1.54, 1.807) is 4.90 Å². The van der Waals surface area contributed by atoms with Crippen molar-refractivity contribution in [3.63, 3.8) is 0 Å². The Bertz CT molecular complexity index is 774. The molecule has 1 aromatic heterocycles. The van der Waals surface area contributed by atoms with Crippen molar-refractivity contribution in [2.45, 2.75) is 65.7 Å². The highest BCUT2D eigenvalue weighted by atomic mass is 32.1. The van der Waals surface area contributed by atoms with Gasteiger partial charge in [0, 0.05) is 23.9 Å². The van der Waals surface area contributed by atoms with E-state index in [4.69, 9.17) is 0 Å². The summed E-state index contributed by atoms with van der Waals surface area (Å²) in [6.45, 7) is 7.00. The molecular formula is C24H35N3O2S. The average molecular weight is 430 g/mol. The third-order valence-electron chi connectivity index (χ3n) is 4.84. The molecule has 2 rings (SSSR count). The molecular weight excluding hydrogens is 394 g/mol. The van der Waals surface area contributed by atoms with E-state index in [0.29, 0.717) is 24.0 Å². The molecule has 2 amide bonds. The molecule has 164 valence electrons. The Morgan fingerprint density at radius 1 is 1.07 bits per heavy atom. The average Bonchev–Trinajstić information content (AvgIpc) is 3.18. The van der Waals surface area contributed by atoms with Gasteiger partial charge in [0.25, 0.3) is 0 Å². The van der Waals surface area contributed by atoms with Gasteiger partial charge < -0.3 is 10.2 Å². The molecule has 0 fully saturated rings. The van der Waals surface area contributed by atoms with Crippen LogP contribution in [-0.4, -0.2) is 34.8 Å². The van der Waals surface area contributed by atoms with E-state index in [1.165, 1.54) is 37.0 Å². The van der Waals surface area contributed by atoms with Gasteiger partial charge in [-0.05, 0) is 12.3 Å². The number of unbranched alkanes of at least 4 members (excludes halogenated alkanes) is 5. The van der Waals surface area contributed by atoms with Crippen molar-refractivity contribution in [2.75, 3.05) is 18.4 Å². The second-order valence-electron chi connectivity index (χ2n) is 8.14. The van der Waals surface area contributed by atoms with Gasteiger partial charge in [0.15, 0.2) is 5.13 Å². The van der Waals surface area contributed by atoms with E-state index in [9.17, 15) is 9.59 Å². The lowest BCUT2D eigenvalue weighted by molar-refractivity contribution is -0.135. The number of carbonyl (C=O) groups is 2. The van der Waals surface area contributed by atoms with Crippen molar-refractivity contribution >= 4 is 28.3 Å². The van der Waals surface area contributed by atoms with Gasteiger partial charge in [-0.2, -0.15) is 0 Å². The maximum Gasteiger partial charge on any atom is 0.245 e. The number of hydrogen-bond acceptors (Lipinski definition) is 4. The van der Waals surface area contributed by atoms with Crippen molar-refractivity contribution in [1.29, 1.82) is 0 Å². The number of hydrogen-bond donors (Lipinski definition) is 1. The lowest BCUT2D eigenvalue weighted by atomic mass is 10.1. The molecule has 1 heterocycles. The number of nitrogens with zero attached hydrogens (tertiary/aromatic N) is 2. The number of aromatic nitrogens is 1. The van der Waals surface area contributed by atoms with E-state index >= 15 is 0 Å². The predicted octanol–water partition coefficient (Wildman–Crippen LogP) is 5.98. The van der Waals surface area contributed by atoms with Crippen LogP contribution in [0.2, 0.25) is 0 Å². The Labute approximate surface area is 184 Å². The molecule has 0 atom stereocenters. The maximum atomic E-state index is 12.7. The van der Waals surface area contributed by atoms with Crippen molar-refractivity contribution in [3.05, 3.63) is 35.7 Å². The van der Waals surface area contributed by atoms with Gasteiger partial charge in [-0.1, -0.05) is 83.2 Å². The van der Waals surface area contributed by atoms with Crippen LogP contribution in [0.1, 0.15) is 65.7 Å². The monoisotopic (exact) mass is 429 g/mol. The van der Waals surface area contributed by atoms with Gasteiger partial charge in [0.05, 0.1) is 12.2 Å². The van der Waals surface area contributed by atoms with Gasteiger partial charge in [-0.15, -0.1) is 11.3 Å². The number of thiazole rings is 1. The highest BCUT2D eigenvalue weighted by molar-refractivity contribution is 7.14. The largest absolute Gasteiger partial charge is 0.333 e. The SMILES string of the molecule is CCCCCCCCC(=O)N(CC(=O)Nc1nc(-c2ccccc2)cs1)CC(C)C. The third kappa shape index (κ3) is 8.66. The van der Waals surface area contributed by atoms with Crippen LogP contribution in [0.25, 0.3) is 11.3 Å². The highest BCUT2D eigenvalue weighted by Gasteiger charge is 2.19. The lowest BCUT2D eigenvalue weighted by Gasteiger charge is -2.24. The Hall–Kier alpha value is -2.21. The van der Waals surface area contributed by atoms with E-state index < -0.39 is 0 Å². The molecule has 5 nitrogen and oxygen atoms in total. The second kappa shape index (κ2) is 13.2. The molecule has 0 saturated heterocycles. The summed E-state index contributed by atoms with van der Waals surface area (Å²) in [5.74, 6) is 0.190. The summed E-state index contributed by atoms with van der Waals surface area (Å²) < 4.78 is 0. The van der Waals surface area contributed by atoms with Crippen LogP contribution in [0.3, 0.4) is 0 Å². The van der Waals surface area contributed by atoms with Gasteiger partial charge >= 0.3 is 0 Å². The second-order valence-corrected chi connectivity index (χ2v) is 9.00. The number of carbonyl (C=O) groups excluding carboxylic acids is 2. The Balaban J connectivity index is 1.85.